The van der Waals surface area contributed by atoms with Crippen molar-refractivity contribution < 1.29 is 90.5 Å². The Morgan fingerprint density at radius 3 is 1.07 bits per heavy atom. The number of hydrogen-bond donors (Lipinski definition) is 0. The van der Waals surface area contributed by atoms with E-state index in [1.54, 1.807) is 48.5 Å². The van der Waals surface area contributed by atoms with E-state index in [0.717, 1.165) is 0 Å². The van der Waals surface area contributed by atoms with Crippen LogP contribution in [-0.2, 0) is 20.2 Å². The number of rotatable bonds is 4. The van der Waals surface area contributed by atoms with Gasteiger partial charge in [0.1, 0.15) is 20.2 Å². The summed E-state index contributed by atoms with van der Waals surface area (Å²) in [5.74, 6) is 0. The van der Waals surface area contributed by atoms with Crippen molar-refractivity contribution >= 4 is 32.4 Å². The summed E-state index contributed by atoms with van der Waals surface area (Å²) in [4.78, 5) is 0. The molecule has 0 atom stereocenters. The minimum Gasteiger partial charge on any atom is -0.744 e. The largest absolute Gasteiger partial charge is 1.00 e. The molecule has 11 heteroatoms. The third-order valence-corrected chi connectivity index (χ3v) is 3.39. The second-order valence-electron chi connectivity index (χ2n) is 4.41. The molecule has 0 spiro atoms. The molecule has 0 radical (unpaired) electrons. The normalized spacial score (nSPS) is 10.7. The standard InChI is InChI=1S/2C8H8O3S.2Na.H2O/c2*9-12(10,11)7-6-8-4-2-1-3-5-8;;;/h2*1-7H,(H,9,10,11);;;1H2/q;;2*+1;/p-2. The van der Waals surface area contributed by atoms with E-state index < -0.39 is 20.2 Å². The zero-order chi connectivity index (χ0) is 18.1. The third-order valence-electron chi connectivity index (χ3n) is 2.45. The van der Waals surface area contributed by atoms with Gasteiger partial charge in [-0.15, -0.1) is 0 Å². The Bertz CT molecular complexity index is 819. The van der Waals surface area contributed by atoms with Crippen LogP contribution in [0.4, 0.5) is 0 Å². The molecule has 0 unspecified atom stereocenters. The zero-order valence-corrected chi connectivity index (χ0v) is 20.5. The van der Waals surface area contributed by atoms with Gasteiger partial charge in [-0.05, 0) is 23.3 Å². The van der Waals surface area contributed by atoms with Gasteiger partial charge in [0, 0.05) is 10.8 Å². The van der Waals surface area contributed by atoms with Gasteiger partial charge < -0.3 is 14.6 Å². The predicted octanol–water partition coefficient (Wildman–Crippen LogP) is -4.41. The van der Waals surface area contributed by atoms with Gasteiger partial charge in [0.25, 0.3) is 0 Å². The topological polar surface area (TPSA) is 146 Å². The Hall–Kier alpha value is -0.300. The molecule has 0 bridgehead atoms. The van der Waals surface area contributed by atoms with Crippen LogP contribution in [0, 0.1) is 0 Å². The molecule has 2 N–H and O–H groups in total. The van der Waals surface area contributed by atoms with Crippen LogP contribution in [0.1, 0.15) is 11.1 Å². The van der Waals surface area contributed by atoms with Crippen LogP contribution >= 0.6 is 0 Å². The third kappa shape index (κ3) is 18.8. The van der Waals surface area contributed by atoms with Gasteiger partial charge in [-0.25, -0.2) is 16.8 Å². The first-order chi connectivity index (χ1) is 11.2. The van der Waals surface area contributed by atoms with E-state index >= 15 is 0 Å². The van der Waals surface area contributed by atoms with Crippen molar-refractivity contribution in [1.29, 1.82) is 0 Å². The van der Waals surface area contributed by atoms with E-state index in [1.807, 2.05) is 12.1 Å². The minimum absolute atomic E-state index is 0. The molecule has 0 aliphatic rings. The van der Waals surface area contributed by atoms with Crippen LogP contribution < -0.4 is 59.1 Å². The van der Waals surface area contributed by atoms with E-state index in [1.165, 1.54) is 12.2 Å². The Balaban J connectivity index is -0.000000384. The molecule has 0 fully saturated rings. The van der Waals surface area contributed by atoms with Crippen molar-refractivity contribution in [2.24, 2.45) is 0 Å². The fourth-order valence-electron chi connectivity index (χ4n) is 1.45. The molecule has 27 heavy (non-hydrogen) atoms. The van der Waals surface area contributed by atoms with E-state index in [4.69, 9.17) is 0 Å². The average molecular weight is 430 g/mol. The average Bonchev–Trinajstić information content (AvgIpc) is 2.52. The maximum absolute atomic E-state index is 10.2. The summed E-state index contributed by atoms with van der Waals surface area (Å²) in [6.07, 6.45) is 2.53. The second kappa shape index (κ2) is 15.6. The Morgan fingerprint density at radius 2 is 0.852 bits per heavy atom. The van der Waals surface area contributed by atoms with Gasteiger partial charge in [-0.1, -0.05) is 60.7 Å². The molecule has 0 aromatic heterocycles. The summed E-state index contributed by atoms with van der Waals surface area (Å²) < 4.78 is 61.0. The van der Waals surface area contributed by atoms with E-state index in [-0.39, 0.29) is 64.6 Å². The van der Waals surface area contributed by atoms with Crippen LogP contribution in [0.3, 0.4) is 0 Å². The molecule has 136 valence electrons. The maximum atomic E-state index is 10.2. The van der Waals surface area contributed by atoms with E-state index in [9.17, 15) is 25.9 Å². The van der Waals surface area contributed by atoms with E-state index in [2.05, 4.69) is 0 Å². The van der Waals surface area contributed by atoms with Crippen molar-refractivity contribution in [1.82, 2.24) is 0 Å². The van der Waals surface area contributed by atoms with Crippen LogP contribution in [0.25, 0.3) is 12.2 Å². The van der Waals surface area contributed by atoms with Crippen molar-refractivity contribution in [3.8, 4) is 0 Å². The van der Waals surface area contributed by atoms with Crippen molar-refractivity contribution in [3.63, 3.8) is 0 Å². The molecule has 0 aliphatic carbocycles. The summed E-state index contributed by atoms with van der Waals surface area (Å²) >= 11 is 0. The van der Waals surface area contributed by atoms with Gasteiger partial charge in [-0.3, -0.25) is 0 Å². The Morgan fingerprint density at radius 1 is 0.593 bits per heavy atom. The molecule has 2 aromatic rings. The second-order valence-corrected chi connectivity index (χ2v) is 6.93. The molecule has 0 amide bonds. The summed E-state index contributed by atoms with van der Waals surface area (Å²) in [6.45, 7) is 0. The van der Waals surface area contributed by atoms with Crippen LogP contribution in [0.2, 0.25) is 0 Å². The number of hydrogen-bond acceptors (Lipinski definition) is 6. The molecule has 0 aliphatic heterocycles. The monoisotopic (exact) mass is 430 g/mol. The Labute approximate surface area is 203 Å². The molecule has 0 saturated heterocycles. The van der Waals surface area contributed by atoms with Gasteiger partial charge in [-0.2, -0.15) is 0 Å². The van der Waals surface area contributed by atoms with Crippen LogP contribution in [0.15, 0.2) is 71.5 Å². The van der Waals surface area contributed by atoms with Gasteiger partial charge in [0.05, 0.1) is 0 Å². The summed E-state index contributed by atoms with van der Waals surface area (Å²) in [6, 6.07) is 17.5. The molecular weight excluding hydrogens is 414 g/mol. The minimum atomic E-state index is -4.25. The fourth-order valence-corrected chi connectivity index (χ4v) is 2.10. The van der Waals surface area contributed by atoms with Gasteiger partial charge in [0.15, 0.2) is 0 Å². The van der Waals surface area contributed by atoms with Crippen LogP contribution in [-0.4, -0.2) is 31.4 Å². The fraction of sp³-hybridized carbons (Fsp3) is 0. The molecule has 2 rings (SSSR count). The van der Waals surface area contributed by atoms with E-state index in [0.29, 0.717) is 21.9 Å². The molecule has 0 heterocycles. The van der Waals surface area contributed by atoms with Crippen LogP contribution in [0.5, 0.6) is 0 Å². The quantitative estimate of drug-likeness (QED) is 0.354. The van der Waals surface area contributed by atoms with Crippen molar-refractivity contribution in [3.05, 3.63) is 82.6 Å². The van der Waals surface area contributed by atoms with Crippen molar-refractivity contribution in [2.75, 3.05) is 0 Å². The first-order valence-corrected chi connectivity index (χ1v) is 9.48. The first-order valence-electron chi connectivity index (χ1n) is 6.54. The first kappa shape index (κ1) is 31.4. The van der Waals surface area contributed by atoms with Gasteiger partial charge in [0.2, 0.25) is 0 Å². The number of benzene rings is 2. The molecular formula is C16H16Na2O7S2. The van der Waals surface area contributed by atoms with Gasteiger partial charge >= 0.3 is 59.1 Å². The summed E-state index contributed by atoms with van der Waals surface area (Å²) in [5, 5.41) is 1.28. The summed E-state index contributed by atoms with van der Waals surface area (Å²) in [5.41, 5.74) is 1.38. The SMILES string of the molecule is O.O=S(=O)([O-])C=Cc1ccccc1.O=S(=O)([O-])C=Cc1ccccc1.[Na+].[Na+]. The maximum Gasteiger partial charge on any atom is 1.00 e. The van der Waals surface area contributed by atoms with Crippen molar-refractivity contribution in [2.45, 2.75) is 0 Å². The predicted molar refractivity (Wildman–Crippen MR) is 94.0 cm³/mol. The molecule has 0 saturated carbocycles. The smallest absolute Gasteiger partial charge is 0.744 e. The molecule has 2 aromatic carbocycles. The zero-order valence-electron chi connectivity index (χ0n) is 14.8. The molecule has 7 nitrogen and oxygen atoms in total. The summed E-state index contributed by atoms with van der Waals surface area (Å²) in [7, 11) is -8.51. The Kier molecular flexibility index (Phi) is 18.1.